The molecule has 0 radical (unpaired) electrons. The van der Waals surface area contributed by atoms with Crippen LogP contribution in [0.5, 0.6) is 0 Å². The van der Waals surface area contributed by atoms with E-state index in [0.29, 0.717) is 45.8 Å². The molecule has 7 atom stereocenters. The topological polar surface area (TPSA) is 93.6 Å². The van der Waals surface area contributed by atoms with Crippen molar-refractivity contribution in [1.29, 1.82) is 0 Å². The number of ether oxygens (including phenoxy) is 1. The van der Waals surface area contributed by atoms with Gasteiger partial charge in [-0.3, -0.25) is 19.3 Å². The average Bonchev–Trinajstić information content (AvgIpc) is 3.63. The molecule has 10 heteroatoms. The van der Waals surface area contributed by atoms with Crippen molar-refractivity contribution in [2.75, 3.05) is 65.6 Å². The van der Waals surface area contributed by atoms with Crippen molar-refractivity contribution in [2.24, 2.45) is 17.8 Å². The second-order valence-corrected chi connectivity index (χ2v) is 13.6. The molecule has 2 bridgehead atoms. The molecule has 4 aliphatic rings. The van der Waals surface area contributed by atoms with E-state index in [2.05, 4.69) is 18.1 Å². The van der Waals surface area contributed by atoms with Crippen molar-refractivity contribution in [3.63, 3.8) is 0 Å². The standard InChI is InChI=1S/C31H50N4O5S/c1-6-12-33(13-7-2)28(37)25-24-10-11-31(41-24)26(25)29(38)35(23(21-36)22(5)9-4)27(31)30(39)34(14-8-3)16-15-32-17-19-40-20-18-32/h6,8,22-27,36H,1,3,7,9-21H2,2,4-5H3/t22-,23-,24-,25+,26-,27?,31?/m0/s1. The van der Waals surface area contributed by atoms with E-state index in [9.17, 15) is 19.5 Å². The third kappa shape index (κ3) is 5.99. The number of fused-ring (bicyclic) bond motifs is 1. The van der Waals surface area contributed by atoms with E-state index in [1.807, 2.05) is 30.6 Å². The van der Waals surface area contributed by atoms with Gasteiger partial charge in [-0.1, -0.05) is 39.3 Å². The van der Waals surface area contributed by atoms with Crippen LogP contribution in [0, 0.1) is 17.8 Å². The predicted octanol–water partition coefficient (Wildman–Crippen LogP) is 2.26. The lowest BCUT2D eigenvalue weighted by atomic mass is 9.70. The molecule has 0 aliphatic carbocycles. The molecule has 230 valence electrons. The van der Waals surface area contributed by atoms with Gasteiger partial charge in [-0.25, -0.2) is 0 Å². The van der Waals surface area contributed by atoms with E-state index in [0.717, 1.165) is 38.9 Å². The van der Waals surface area contributed by atoms with Gasteiger partial charge in [0.15, 0.2) is 0 Å². The van der Waals surface area contributed by atoms with Gasteiger partial charge >= 0.3 is 0 Å². The Hall–Kier alpha value is -1.88. The number of hydrogen-bond acceptors (Lipinski definition) is 7. The molecule has 4 saturated heterocycles. The Bertz CT molecular complexity index is 974. The van der Waals surface area contributed by atoms with Crippen LogP contribution in [-0.2, 0) is 19.1 Å². The number of aliphatic hydroxyl groups is 1. The van der Waals surface area contributed by atoms with Crippen molar-refractivity contribution in [1.82, 2.24) is 19.6 Å². The van der Waals surface area contributed by atoms with Crippen LogP contribution in [0.25, 0.3) is 0 Å². The van der Waals surface area contributed by atoms with Crippen molar-refractivity contribution < 1.29 is 24.2 Å². The first-order valence-electron chi connectivity index (χ1n) is 15.5. The minimum atomic E-state index is -0.720. The Balaban J connectivity index is 1.71. The molecular formula is C31H50N4O5S. The van der Waals surface area contributed by atoms with Gasteiger partial charge in [-0.15, -0.1) is 24.9 Å². The molecule has 4 fully saturated rings. The second kappa shape index (κ2) is 14.1. The third-order valence-corrected chi connectivity index (χ3v) is 11.7. The normalized spacial score (nSPS) is 30.6. The number of nitrogens with zero attached hydrogens (tertiary/aromatic N) is 4. The number of carbonyl (C=O) groups is 3. The van der Waals surface area contributed by atoms with E-state index in [-0.39, 0.29) is 35.5 Å². The predicted molar refractivity (Wildman–Crippen MR) is 162 cm³/mol. The largest absolute Gasteiger partial charge is 0.394 e. The van der Waals surface area contributed by atoms with Crippen LogP contribution in [0.15, 0.2) is 25.3 Å². The maximum atomic E-state index is 14.7. The highest BCUT2D eigenvalue weighted by molar-refractivity contribution is 8.02. The van der Waals surface area contributed by atoms with Crippen LogP contribution < -0.4 is 0 Å². The summed E-state index contributed by atoms with van der Waals surface area (Å²) in [5.74, 6) is -1.27. The number of morpholine rings is 1. The van der Waals surface area contributed by atoms with Gasteiger partial charge < -0.3 is 24.5 Å². The zero-order chi connectivity index (χ0) is 29.7. The van der Waals surface area contributed by atoms with Gasteiger partial charge in [0, 0.05) is 51.1 Å². The van der Waals surface area contributed by atoms with Gasteiger partial charge in [0.1, 0.15) is 6.04 Å². The van der Waals surface area contributed by atoms with Crippen molar-refractivity contribution >= 4 is 29.5 Å². The molecule has 2 unspecified atom stereocenters. The molecule has 4 aliphatic heterocycles. The summed E-state index contributed by atoms with van der Waals surface area (Å²) in [5, 5.41) is 10.6. The molecule has 0 saturated carbocycles. The number of hydrogen-bond donors (Lipinski definition) is 1. The molecule has 3 amide bonds. The Labute approximate surface area is 250 Å². The molecular weight excluding hydrogens is 540 g/mol. The number of thioether (sulfide) groups is 1. The quantitative estimate of drug-likeness (QED) is 0.293. The van der Waals surface area contributed by atoms with E-state index in [1.54, 1.807) is 28.8 Å². The van der Waals surface area contributed by atoms with Crippen LogP contribution in [-0.4, -0.2) is 130 Å². The molecule has 0 aromatic heterocycles. The zero-order valence-corrected chi connectivity index (χ0v) is 26.0. The van der Waals surface area contributed by atoms with E-state index in [1.165, 1.54) is 0 Å². The summed E-state index contributed by atoms with van der Waals surface area (Å²) in [6.07, 6.45) is 6.60. The lowest BCUT2D eigenvalue weighted by Crippen LogP contribution is -2.59. The van der Waals surface area contributed by atoms with E-state index < -0.39 is 28.7 Å². The SMILES string of the molecule is C=CCN(CCN1CCOCC1)C(=O)C1N([C@@H](CO)[C@@H](C)CC)C(=O)[C@@H]2[C@H](C(=O)N(CC=C)CCC)[C@@H]3CCC12S3. The average molecular weight is 591 g/mol. The molecule has 4 heterocycles. The number of amides is 3. The third-order valence-electron chi connectivity index (χ3n) is 9.71. The Morgan fingerprint density at radius 3 is 2.39 bits per heavy atom. The van der Waals surface area contributed by atoms with Gasteiger partial charge in [0.2, 0.25) is 17.7 Å². The summed E-state index contributed by atoms with van der Waals surface area (Å²) in [6.45, 7) is 19.4. The lowest BCUT2D eigenvalue weighted by Gasteiger charge is -2.41. The Kier molecular flexibility index (Phi) is 11.0. The fraction of sp³-hybridized carbons (Fsp3) is 0.774. The van der Waals surface area contributed by atoms with Gasteiger partial charge in [-0.05, 0) is 25.2 Å². The maximum Gasteiger partial charge on any atom is 0.247 e. The fourth-order valence-electron chi connectivity index (χ4n) is 7.46. The first-order valence-corrected chi connectivity index (χ1v) is 16.4. The number of likely N-dealkylation sites (tertiary alicyclic amines) is 1. The van der Waals surface area contributed by atoms with E-state index >= 15 is 0 Å². The van der Waals surface area contributed by atoms with Crippen LogP contribution in [0.1, 0.15) is 46.5 Å². The van der Waals surface area contributed by atoms with Crippen LogP contribution >= 0.6 is 11.8 Å². The second-order valence-electron chi connectivity index (χ2n) is 12.0. The minimum Gasteiger partial charge on any atom is -0.394 e. The Morgan fingerprint density at radius 1 is 1.15 bits per heavy atom. The van der Waals surface area contributed by atoms with Crippen molar-refractivity contribution in [3.8, 4) is 0 Å². The fourth-order valence-corrected chi connectivity index (χ4v) is 9.65. The minimum absolute atomic E-state index is 0.00317. The number of aliphatic hydroxyl groups excluding tert-OH is 1. The lowest BCUT2D eigenvalue weighted by molar-refractivity contribution is -0.148. The Morgan fingerprint density at radius 2 is 1.80 bits per heavy atom. The van der Waals surface area contributed by atoms with Gasteiger partial charge in [-0.2, -0.15) is 0 Å². The number of carbonyl (C=O) groups excluding carboxylic acids is 3. The van der Waals surface area contributed by atoms with Crippen LogP contribution in [0.2, 0.25) is 0 Å². The van der Waals surface area contributed by atoms with Gasteiger partial charge in [0.25, 0.3) is 0 Å². The van der Waals surface area contributed by atoms with Crippen molar-refractivity contribution in [2.45, 2.75) is 68.5 Å². The molecule has 1 spiro atoms. The van der Waals surface area contributed by atoms with Gasteiger partial charge in [0.05, 0.1) is 42.4 Å². The highest BCUT2D eigenvalue weighted by Gasteiger charge is 2.74. The summed E-state index contributed by atoms with van der Waals surface area (Å²) in [4.78, 5) is 50.9. The highest BCUT2D eigenvalue weighted by atomic mass is 32.2. The van der Waals surface area contributed by atoms with E-state index in [4.69, 9.17) is 4.74 Å². The van der Waals surface area contributed by atoms with Crippen molar-refractivity contribution in [3.05, 3.63) is 25.3 Å². The van der Waals surface area contributed by atoms with Crippen LogP contribution in [0.3, 0.4) is 0 Å². The smallest absolute Gasteiger partial charge is 0.247 e. The molecule has 0 aromatic carbocycles. The summed E-state index contributed by atoms with van der Waals surface area (Å²) in [5.41, 5.74) is 0. The molecule has 41 heavy (non-hydrogen) atoms. The maximum absolute atomic E-state index is 14.7. The molecule has 9 nitrogen and oxygen atoms in total. The molecule has 4 rings (SSSR count). The highest BCUT2D eigenvalue weighted by Crippen LogP contribution is 2.67. The first kappa shape index (κ1) is 32.0. The monoisotopic (exact) mass is 590 g/mol. The molecule has 0 aromatic rings. The summed E-state index contributed by atoms with van der Waals surface area (Å²) >= 11 is 1.69. The first-order chi connectivity index (χ1) is 19.8. The summed E-state index contributed by atoms with van der Waals surface area (Å²) < 4.78 is 4.82. The summed E-state index contributed by atoms with van der Waals surface area (Å²) in [7, 11) is 0. The van der Waals surface area contributed by atoms with Crippen LogP contribution in [0.4, 0.5) is 0 Å². The number of rotatable bonds is 15. The summed E-state index contributed by atoms with van der Waals surface area (Å²) in [6, 6.07) is -1.20. The molecule has 1 N–H and O–H groups in total. The zero-order valence-electron chi connectivity index (χ0n) is 25.2.